The van der Waals surface area contributed by atoms with Crippen LogP contribution in [0, 0.1) is 0 Å². The molecule has 0 unspecified atom stereocenters. The minimum atomic E-state index is -5.93. The Kier molecular flexibility index (Phi) is 6.02. The number of halogens is 3. The maximum atomic E-state index is 12.4. The van der Waals surface area contributed by atoms with Crippen molar-refractivity contribution < 1.29 is 40.0 Å². The lowest BCUT2D eigenvalue weighted by Crippen LogP contribution is -2.25. The summed E-state index contributed by atoms with van der Waals surface area (Å²) in [5, 5.41) is 0. The number of benzene rings is 1. The fourth-order valence-electron chi connectivity index (χ4n) is 1.37. The predicted molar refractivity (Wildman–Crippen MR) is 73.7 cm³/mol. The van der Waals surface area contributed by atoms with Gasteiger partial charge in [-0.1, -0.05) is 0 Å². The highest BCUT2D eigenvalue weighted by atomic mass is 32.2. The van der Waals surface area contributed by atoms with Crippen molar-refractivity contribution in [2.75, 3.05) is 13.7 Å². The van der Waals surface area contributed by atoms with Gasteiger partial charge in [0, 0.05) is 5.56 Å². The van der Waals surface area contributed by atoms with Gasteiger partial charge in [0.15, 0.2) is 5.76 Å². The Morgan fingerprint density at radius 2 is 1.78 bits per heavy atom. The van der Waals surface area contributed by atoms with E-state index in [1.54, 1.807) is 0 Å². The number of carbonyl (C=O) groups excluding carboxylic acids is 1. The van der Waals surface area contributed by atoms with Gasteiger partial charge < -0.3 is 13.7 Å². The minimum absolute atomic E-state index is 0.0444. The van der Waals surface area contributed by atoms with E-state index in [9.17, 15) is 26.4 Å². The second-order valence-corrected chi connectivity index (χ2v) is 5.51. The molecule has 0 aliphatic rings. The highest BCUT2D eigenvalue weighted by Gasteiger charge is 2.49. The molecule has 0 aliphatic heterocycles. The van der Waals surface area contributed by atoms with Gasteiger partial charge in [0.05, 0.1) is 19.8 Å². The van der Waals surface area contributed by atoms with E-state index in [0.29, 0.717) is 11.8 Å². The molecule has 0 aromatic heterocycles. The number of rotatable bonds is 6. The predicted octanol–water partition coefficient (Wildman–Crippen LogP) is 2.47. The van der Waals surface area contributed by atoms with Crippen molar-refractivity contribution in [3.05, 3.63) is 35.9 Å². The fourth-order valence-corrected chi connectivity index (χ4v) is 1.84. The van der Waals surface area contributed by atoms with Gasteiger partial charge in [0.2, 0.25) is 0 Å². The molecular formula is C13H13F3O6S. The van der Waals surface area contributed by atoms with Crippen LogP contribution in [-0.2, 0) is 23.8 Å². The summed E-state index contributed by atoms with van der Waals surface area (Å²) in [5.41, 5.74) is -5.71. The van der Waals surface area contributed by atoms with Gasteiger partial charge in [-0.2, -0.15) is 21.6 Å². The Morgan fingerprint density at radius 1 is 1.22 bits per heavy atom. The van der Waals surface area contributed by atoms with Crippen molar-refractivity contribution in [3.63, 3.8) is 0 Å². The average Bonchev–Trinajstić information content (AvgIpc) is 2.45. The van der Waals surface area contributed by atoms with Gasteiger partial charge in [-0.05, 0) is 31.2 Å². The van der Waals surface area contributed by atoms with Crippen LogP contribution in [0.15, 0.2) is 30.3 Å². The van der Waals surface area contributed by atoms with Crippen molar-refractivity contribution in [1.29, 1.82) is 0 Å². The van der Waals surface area contributed by atoms with Crippen LogP contribution in [-0.4, -0.2) is 33.6 Å². The van der Waals surface area contributed by atoms with E-state index in [1.807, 2.05) is 0 Å². The van der Waals surface area contributed by atoms with Crippen molar-refractivity contribution >= 4 is 21.8 Å². The smallest absolute Gasteiger partial charge is 0.497 e. The maximum absolute atomic E-state index is 12.4. The quantitative estimate of drug-likeness (QED) is 0.257. The summed E-state index contributed by atoms with van der Waals surface area (Å²) in [5.74, 6) is -1.48. The van der Waals surface area contributed by atoms with Crippen LogP contribution in [0.25, 0.3) is 5.76 Å². The molecule has 0 N–H and O–H groups in total. The molecule has 0 atom stereocenters. The summed E-state index contributed by atoms with van der Waals surface area (Å²) >= 11 is 0. The zero-order chi connectivity index (χ0) is 17.7. The van der Waals surface area contributed by atoms with Crippen LogP contribution in [0.4, 0.5) is 13.2 Å². The van der Waals surface area contributed by atoms with E-state index in [-0.39, 0.29) is 12.2 Å². The summed E-state index contributed by atoms with van der Waals surface area (Å²) in [6, 6.07) is 5.18. The van der Waals surface area contributed by atoms with Crippen LogP contribution in [0.1, 0.15) is 12.5 Å². The highest BCUT2D eigenvalue weighted by Crippen LogP contribution is 2.30. The first kappa shape index (κ1) is 18.8. The van der Waals surface area contributed by atoms with E-state index in [4.69, 9.17) is 4.74 Å². The lowest BCUT2D eigenvalue weighted by molar-refractivity contribution is -0.137. The van der Waals surface area contributed by atoms with Gasteiger partial charge >= 0.3 is 21.6 Å². The number of esters is 1. The molecule has 23 heavy (non-hydrogen) atoms. The van der Waals surface area contributed by atoms with Crippen molar-refractivity contribution in [3.8, 4) is 5.75 Å². The molecule has 128 valence electrons. The number of carbonyl (C=O) groups is 1. The summed E-state index contributed by atoms with van der Waals surface area (Å²) in [7, 11) is -4.56. The lowest BCUT2D eigenvalue weighted by atomic mass is 10.2. The number of hydrogen-bond donors (Lipinski definition) is 0. The molecule has 0 radical (unpaired) electrons. The number of hydrogen-bond acceptors (Lipinski definition) is 6. The standard InChI is InChI=1S/C13H13F3O6S/c1-3-21-12(17)8-11(22-23(18,19)13(14,15)16)9-4-6-10(20-2)7-5-9/h4-8H,3H2,1-2H3/b11-8+. The van der Waals surface area contributed by atoms with E-state index in [1.165, 1.54) is 38.3 Å². The van der Waals surface area contributed by atoms with Crippen molar-refractivity contribution in [2.24, 2.45) is 0 Å². The summed E-state index contributed by atoms with van der Waals surface area (Å²) in [6.45, 7) is 1.43. The van der Waals surface area contributed by atoms with E-state index in [2.05, 4.69) is 8.92 Å². The van der Waals surface area contributed by atoms with E-state index < -0.39 is 27.4 Å². The fraction of sp³-hybridized carbons (Fsp3) is 0.308. The molecule has 0 bridgehead atoms. The third-order valence-electron chi connectivity index (χ3n) is 2.39. The molecule has 0 fully saturated rings. The Hall–Kier alpha value is -2.23. The van der Waals surface area contributed by atoms with Gasteiger partial charge in [0.1, 0.15) is 5.75 Å². The molecule has 1 aromatic rings. The molecule has 1 rings (SSSR count). The van der Waals surface area contributed by atoms with Crippen LogP contribution < -0.4 is 4.74 Å². The minimum Gasteiger partial charge on any atom is -0.497 e. The Bertz CT molecular complexity index is 677. The second-order valence-electron chi connectivity index (χ2n) is 3.97. The van der Waals surface area contributed by atoms with E-state index in [0.717, 1.165) is 0 Å². The molecule has 1 aromatic carbocycles. The van der Waals surface area contributed by atoms with Crippen LogP contribution in [0.5, 0.6) is 5.75 Å². The topological polar surface area (TPSA) is 78.9 Å². The molecular weight excluding hydrogens is 341 g/mol. The highest BCUT2D eigenvalue weighted by molar-refractivity contribution is 7.87. The average molecular weight is 354 g/mol. The lowest BCUT2D eigenvalue weighted by Gasteiger charge is -2.13. The summed E-state index contributed by atoms with van der Waals surface area (Å²) in [4.78, 5) is 11.4. The summed E-state index contributed by atoms with van der Waals surface area (Å²) < 4.78 is 73.0. The van der Waals surface area contributed by atoms with Crippen molar-refractivity contribution in [2.45, 2.75) is 12.4 Å². The molecule has 0 spiro atoms. The van der Waals surface area contributed by atoms with E-state index >= 15 is 0 Å². The largest absolute Gasteiger partial charge is 0.534 e. The molecule has 0 amide bonds. The maximum Gasteiger partial charge on any atom is 0.534 e. The van der Waals surface area contributed by atoms with Crippen LogP contribution >= 0.6 is 0 Å². The first-order chi connectivity index (χ1) is 10.6. The van der Waals surface area contributed by atoms with Gasteiger partial charge in [-0.25, -0.2) is 4.79 Å². The number of methoxy groups -OCH3 is 1. The first-order valence-electron chi connectivity index (χ1n) is 6.14. The third-order valence-corrected chi connectivity index (χ3v) is 3.36. The number of alkyl halides is 3. The monoisotopic (exact) mass is 354 g/mol. The zero-order valence-corrected chi connectivity index (χ0v) is 12.9. The Labute approximate surface area is 130 Å². The van der Waals surface area contributed by atoms with Crippen LogP contribution in [0.3, 0.4) is 0 Å². The second kappa shape index (κ2) is 7.36. The van der Waals surface area contributed by atoms with Gasteiger partial charge in [-0.3, -0.25) is 0 Å². The first-order valence-corrected chi connectivity index (χ1v) is 7.55. The van der Waals surface area contributed by atoms with Crippen molar-refractivity contribution in [1.82, 2.24) is 0 Å². The SMILES string of the molecule is CCOC(=O)/C=C(/OS(=O)(=O)C(F)(F)F)c1ccc(OC)cc1. The van der Waals surface area contributed by atoms with Gasteiger partial charge in [-0.15, -0.1) is 0 Å². The molecule has 0 heterocycles. The zero-order valence-electron chi connectivity index (χ0n) is 12.1. The molecule has 0 saturated heterocycles. The number of ether oxygens (including phenoxy) is 2. The molecule has 10 heteroatoms. The molecule has 6 nitrogen and oxygen atoms in total. The van der Waals surface area contributed by atoms with Crippen LogP contribution in [0.2, 0.25) is 0 Å². The third kappa shape index (κ3) is 5.16. The Balaban J connectivity index is 3.24. The Morgan fingerprint density at radius 3 is 2.22 bits per heavy atom. The normalized spacial score (nSPS) is 12.7. The molecule has 0 aliphatic carbocycles. The summed E-state index contributed by atoms with van der Waals surface area (Å²) in [6.07, 6.45) is 0.522. The molecule has 0 saturated carbocycles. The van der Waals surface area contributed by atoms with Gasteiger partial charge in [0.25, 0.3) is 0 Å².